The maximum atomic E-state index is 11.5. The van der Waals surface area contributed by atoms with Crippen LogP contribution in [0.5, 0.6) is 0 Å². The summed E-state index contributed by atoms with van der Waals surface area (Å²) in [4.78, 5) is 13.8. The second-order valence-corrected chi connectivity index (χ2v) is 2.94. The molecule has 0 unspecified atom stereocenters. The highest BCUT2D eigenvalue weighted by Crippen LogP contribution is 2.04. The van der Waals surface area contributed by atoms with Crippen LogP contribution in [0.1, 0.15) is 12.5 Å². The number of carbonyl (C=O) groups is 1. The average molecular weight is 194 g/mol. The number of rotatable bonds is 3. The maximum absolute atomic E-state index is 11.5. The van der Waals surface area contributed by atoms with Crippen molar-refractivity contribution >= 4 is 5.97 Å². The highest BCUT2D eigenvalue weighted by atomic mass is 19.3. The van der Waals surface area contributed by atoms with Crippen LogP contribution in [0.4, 0.5) is 4.53 Å². The molecule has 0 N–H and O–H groups in total. The first kappa shape index (κ1) is 10.4. The van der Waals surface area contributed by atoms with Gasteiger partial charge in [0, 0.05) is 10.1 Å². The molecule has 74 valence electrons. The summed E-state index contributed by atoms with van der Waals surface area (Å²) in [5.74, 6) is -0.930. The van der Waals surface area contributed by atoms with Crippen molar-refractivity contribution in [3.8, 4) is 0 Å². The van der Waals surface area contributed by atoms with Crippen molar-refractivity contribution in [3.05, 3.63) is 47.5 Å². The van der Waals surface area contributed by atoms with Gasteiger partial charge in [-0.3, -0.25) is 0 Å². The third-order valence-electron chi connectivity index (χ3n) is 1.88. The second-order valence-electron chi connectivity index (χ2n) is 2.94. The smallest absolute Gasteiger partial charge is 0.250 e. The van der Waals surface area contributed by atoms with Gasteiger partial charge in [-0.15, -0.1) is 0 Å². The van der Waals surface area contributed by atoms with Gasteiger partial charge in [-0.2, -0.15) is 0 Å². The zero-order valence-corrected chi connectivity index (χ0v) is 7.87. The summed E-state index contributed by atoms with van der Waals surface area (Å²) in [5, 5.41) is 0. The van der Waals surface area contributed by atoms with Gasteiger partial charge in [-0.1, -0.05) is 36.4 Å². The monoisotopic (exact) mass is 194 g/mol. The van der Waals surface area contributed by atoms with E-state index < -0.39 is 5.97 Å². The van der Waals surface area contributed by atoms with Crippen LogP contribution in [0.3, 0.4) is 0 Å². The molecule has 0 heterocycles. The van der Waals surface area contributed by atoms with Gasteiger partial charge in [0.1, 0.15) is 0 Å². The van der Waals surface area contributed by atoms with E-state index in [1.807, 2.05) is 30.3 Å². The summed E-state index contributed by atoms with van der Waals surface area (Å²) in [6.45, 7) is 1.52. The van der Waals surface area contributed by atoms with Crippen molar-refractivity contribution in [1.82, 2.24) is 0 Å². The Hall–Kier alpha value is -1.64. The molecule has 0 aliphatic rings. The molecule has 0 spiro atoms. The molecule has 0 aliphatic carbocycles. The molecule has 2 nitrogen and oxygen atoms in total. The Labute approximate surface area is 81.9 Å². The van der Waals surface area contributed by atoms with Gasteiger partial charge in [0.15, 0.2) is 0 Å². The molecule has 1 rings (SSSR count). The summed E-state index contributed by atoms with van der Waals surface area (Å²) in [6, 6.07) is 9.60. The van der Waals surface area contributed by atoms with Crippen LogP contribution in [0.15, 0.2) is 42.0 Å². The van der Waals surface area contributed by atoms with E-state index in [9.17, 15) is 9.32 Å². The largest absolute Gasteiger partial charge is 0.374 e. The van der Waals surface area contributed by atoms with E-state index in [0.29, 0.717) is 6.42 Å². The quantitative estimate of drug-likeness (QED) is 0.691. The molecule has 0 aliphatic heterocycles. The third kappa shape index (κ3) is 3.01. The fourth-order valence-corrected chi connectivity index (χ4v) is 1.03. The van der Waals surface area contributed by atoms with Crippen molar-refractivity contribution < 1.29 is 14.3 Å². The van der Waals surface area contributed by atoms with Crippen LogP contribution < -0.4 is 0 Å². The third-order valence-corrected chi connectivity index (χ3v) is 1.88. The molecule has 1 aromatic rings. The number of allylic oxidation sites excluding steroid dienone is 1. The minimum absolute atomic E-state index is 0.274. The van der Waals surface area contributed by atoms with Crippen LogP contribution in [-0.2, 0) is 16.2 Å². The first-order chi connectivity index (χ1) is 6.74. The van der Waals surface area contributed by atoms with E-state index in [0.717, 1.165) is 5.56 Å². The first-order valence-corrected chi connectivity index (χ1v) is 4.27. The standard InChI is InChI=1S/C11H11FO2/c1-9(11(13)14-12)7-8-10-5-3-2-4-6-10/h2-7H,8H2,1H3. The van der Waals surface area contributed by atoms with Gasteiger partial charge in [0.2, 0.25) is 0 Å². The molecule has 0 radical (unpaired) electrons. The first-order valence-electron chi connectivity index (χ1n) is 4.27. The van der Waals surface area contributed by atoms with Crippen LogP contribution in [0.25, 0.3) is 0 Å². The molecule has 0 bridgehead atoms. The minimum Gasteiger partial charge on any atom is -0.250 e. The number of halogens is 1. The summed E-state index contributed by atoms with van der Waals surface area (Å²) in [6.07, 6.45) is 2.24. The number of carbonyl (C=O) groups excluding carboxylic acids is 1. The molecular formula is C11H11FO2. The lowest BCUT2D eigenvalue weighted by Crippen LogP contribution is -1.99. The van der Waals surface area contributed by atoms with Gasteiger partial charge in [0.05, 0.1) is 0 Å². The normalized spacial score (nSPS) is 11.1. The van der Waals surface area contributed by atoms with E-state index in [-0.39, 0.29) is 5.57 Å². The predicted molar refractivity (Wildman–Crippen MR) is 51.1 cm³/mol. The molecule has 0 fully saturated rings. The van der Waals surface area contributed by atoms with Crippen LogP contribution in [0, 0.1) is 0 Å². The number of hydrogen-bond acceptors (Lipinski definition) is 2. The Balaban J connectivity index is 2.59. The van der Waals surface area contributed by atoms with Crippen LogP contribution in [0.2, 0.25) is 0 Å². The van der Waals surface area contributed by atoms with Crippen molar-refractivity contribution in [1.29, 1.82) is 0 Å². The molecule has 14 heavy (non-hydrogen) atoms. The Bertz CT molecular complexity index is 330. The highest BCUT2D eigenvalue weighted by Gasteiger charge is 2.04. The molecular weight excluding hydrogens is 183 g/mol. The van der Waals surface area contributed by atoms with E-state index in [1.165, 1.54) is 6.92 Å². The van der Waals surface area contributed by atoms with Gasteiger partial charge >= 0.3 is 5.97 Å². The Morgan fingerprint density at radius 1 is 1.43 bits per heavy atom. The lowest BCUT2D eigenvalue weighted by Gasteiger charge is -1.96. The van der Waals surface area contributed by atoms with Gasteiger partial charge in [0.25, 0.3) is 0 Å². The zero-order valence-electron chi connectivity index (χ0n) is 7.87. The molecule has 0 atom stereocenters. The van der Waals surface area contributed by atoms with Gasteiger partial charge < -0.3 is 0 Å². The molecule has 0 saturated carbocycles. The Morgan fingerprint density at radius 2 is 2.07 bits per heavy atom. The van der Waals surface area contributed by atoms with Crippen molar-refractivity contribution in [2.45, 2.75) is 13.3 Å². The number of hydrogen-bond donors (Lipinski definition) is 0. The molecule has 0 amide bonds. The topological polar surface area (TPSA) is 26.3 Å². The van der Waals surface area contributed by atoms with Crippen molar-refractivity contribution in [2.75, 3.05) is 0 Å². The summed E-state index contributed by atoms with van der Waals surface area (Å²) in [7, 11) is 0. The molecule has 0 saturated heterocycles. The minimum atomic E-state index is -0.930. The highest BCUT2D eigenvalue weighted by molar-refractivity contribution is 5.87. The van der Waals surface area contributed by atoms with Crippen molar-refractivity contribution in [2.24, 2.45) is 0 Å². The lowest BCUT2D eigenvalue weighted by atomic mass is 10.1. The predicted octanol–water partition coefficient (Wildman–Crippen LogP) is 2.60. The average Bonchev–Trinajstić information content (AvgIpc) is 2.26. The SMILES string of the molecule is CC(=CCc1ccccc1)C(=O)OF. The molecule has 1 aromatic carbocycles. The molecule has 3 heteroatoms. The van der Waals surface area contributed by atoms with E-state index in [4.69, 9.17) is 0 Å². The number of benzene rings is 1. The van der Waals surface area contributed by atoms with E-state index in [2.05, 4.69) is 4.94 Å². The molecule has 0 aromatic heterocycles. The fourth-order valence-electron chi connectivity index (χ4n) is 1.03. The van der Waals surface area contributed by atoms with E-state index in [1.54, 1.807) is 6.08 Å². The lowest BCUT2D eigenvalue weighted by molar-refractivity contribution is -0.178. The maximum Gasteiger partial charge on any atom is 0.374 e. The summed E-state index contributed by atoms with van der Waals surface area (Å²) < 4.78 is 11.5. The summed E-state index contributed by atoms with van der Waals surface area (Å²) in [5.41, 5.74) is 1.34. The second kappa shape index (κ2) is 5.17. The summed E-state index contributed by atoms with van der Waals surface area (Å²) >= 11 is 0. The Morgan fingerprint density at radius 3 is 2.64 bits per heavy atom. The fraction of sp³-hybridized carbons (Fsp3) is 0.182. The zero-order chi connectivity index (χ0) is 10.4. The Kier molecular flexibility index (Phi) is 3.85. The van der Waals surface area contributed by atoms with Gasteiger partial charge in [-0.05, 0) is 18.9 Å². The van der Waals surface area contributed by atoms with Crippen LogP contribution in [-0.4, -0.2) is 5.97 Å². The van der Waals surface area contributed by atoms with E-state index >= 15 is 0 Å². The van der Waals surface area contributed by atoms with Crippen LogP contribution >= 0.6 is 0 Å². The van der Waals surface area contributed by atoms with Gasteiger partial charge in [-0.25, -0.2) is 9.74 Å². The van der Waals surface area contributed by atoms with Crippen molar-refractivity contribution in [3.63, 3.8) is 0 Å².